The van der Waals surface area contributed by atoms with Crippen LogP contribution in [0.25, 0.3) is 0 Å². The smallest absolute Gasteiger partial charge is 0.269 e. The molecular weight excluding hydrogens is 332 g/mol. The number of benzene rings is 2. The summed E-state index contributed by atoms with van der Waals surface area (Å²) < 4.78 is 0. The van der Waals surface area contributed by atoms with E-state index in [1.54, 1.807) is 31.2 Å². The number of nitro benzene ring substituents is 1. The standard InChI is InChI=1S/C17H17ClN2O4/c1-17(22,13-3-2-4-14(18)10-13)11-19-16(21)9-12-5-7-15(8-6-12)20(23)24/h2-8,10,22H,9,11H2,1H3,(H,19,21)/t17-/m0/s1. The second-order valence-electron chi connectivity index (χ2n) is 5.66. The molecule has 0 saturated heterocycles. The van der Waals surface area contributed by atoms with Crippen LogP contribution in [0.5, 0.6) is 0 Å². The van der Waals surface area contributed by atoms with Crippen LogP contribution in [-0.2, 0) is 16.8 Å². The molecule has 2 aromatic carbocycles. The fourth-order valence-corrected chi connectivity index (χ4v) is 2.37. The lowest BCUT2D eigenvalue weighted by molar-refractivity contribution is -0.384. The second-order valence-corrected chi connectivity index (χ2v) is 6.10. The summed E-state index contributed by atoms with van der Waals surface area (Å²) in [4.78, 5) is 22.1. The highest BCUT2D eigenvalue weighted by Gasteiger charge is 2.24. The van der Waals surface area contributed by atoms with Crippen LogP contribution in [0.4, 0.5) is 5.69 Å². The Morgan fingerprint density at radius 2 is 1.96 bits per heavy atom. The van der Waals surface area contributed by atoms with Gasteiger partial charge in [-0.15, -0.1) is 0 Å². The van der Waals surface area contributed by atoms with Crippen molar-refractivity contribution in [3.63, 3.8) is 0 Å². The van der Waals surface area contributed by atoms with Gasteiger partial charge in [0.15, 0.2) is 0 Å². The van der Waals surface area contributed by atoms with Gasteiger partial charge in [-0.2, -0.15) is 0 Å². The Hall–Kier alpha value is -2.44. The monoisotopic (exact) mass is 348 g/mol. The number of carbonyl (C=O) groups excluding carboxylic acids is 1. The summed E-state index contributed by atoms with van der Waals surface area (Å²) in [5.74, 6) is -0.286. The normalized spacial score (nSPS) is 13.1. The van der Waals surface area contributed by atoms with Crippen molar-refractivity contribution < 1.29 is 14.8 Å². The molecule has 0 radical (unpaired) electrons. The van der Waals surface area contributed by atoms with Gasteiger partial charge in [-0.3, -0.25) is 14.9 Å². The van der Waals surface area contributed by atoms with Crippen molar-refractivity contribution >= 4 is 23.2 Å². The third kappa shape index (κ3) is 4.78. The molecule has 6 nitrogen and oxygen atoms in total. The molecule has 24 heavy (non-hydrogen) atoms. The molecule has 2 N–H and O–H groups in total. The molecule has 1 atom stereocenters. The molecule has 126 valence electrons. The van der Waals surface area contributed by atoms with E-state index in [-0.39, 0.29) is 24.6 Å². The van der Waals surface area contributed by atoms with Gasteiger partial charge in [-0.05, 0) is 30.2 Å². The molecule has 0 aromatic heterocycles. The largest absolute Gasteiger partial charge is 0.384 e. The molecule has 0 bridgehead atoms. The summed E-state index contributed by atoms with van der Waals surface area (Å²) >= 11 is 5.91. The van der Waals surface area contributed by atoms with Crippen LogP contribution in [0.1, 0.15) is 18.1 Å². The SMILES string of the molecule is C[C@](O)(CNC(=O)Cc1ccc([N+](=O)[O-])cc1)c1cccc(Cl)c1. The first-order valence-electron chi connectivity index (χ1n) is 7.26. The Kier molecular flexibility index (Phi) is 5.54. The van der Waals surface area contributed by atoms with Gasteiger partial charge in [0.05, 0.1) is 17.9 Å². The van der Waals surface area contributed by atoms with Crippen molar-refractivity contribution in [2.45, 2.75) is 18.9 Å². The molecule has 2 rings (SSSR count). The van der Waals surface area contributed by atoms with E-state index in [1.807, 2.05) is 0 Å². The van der Waals surface area contributed by atoms with E-state index in [9.17, 15) is 20.0 Å². The van der Waals surface area contributed by atoms with E-state index in [1.165, 1.54) is 24.3 Å². The maximum atomic E-state index is 12.0. The summed E-state index contributed by atoms with van der Waals surface area (Å²) in [6, 6.07) is 12.6. The first-order valence-corrected chi connectivity index (χ1v) is 7.64. The number of hydrogen-bond acceptors (Lipinski definition) is 4. The van der Waals surface area contributed by atoms with Crippen molar-refractivity contribution in [1.82, 2.24) is 5.32 Å². The van der Waals surface area contributed by atoms with Gasteiger partial charge in [0.1, 0.15) is 5.60 Å². The molecular formula is C17H17ClN2O4. The van der Waals surface area contributed by atoms with Gasteiger partial charge in [0, 0.05) is 17.2 Å². The Labute approximate surface area is 144 Å². The van der Waals surface area contributed by atoms with Crippen LogP contribution >= 0.6 is 11.6 Å². The molecule has 0 aliphatic rings. The van der Waals surface area contributed by atoms with Crippen molar-refractivity contribution in [2.75, 3.05) is 6.54 Å². The number of nitrogens with zero attached hydrogens (tertiary/aromatic N) is 1. The topological polar surface area (TPSA) is 92.5 Å². The van der Waals surface area contributed by atoms with Crippen molar-refractivity contribution in [3.05, 3.63) is 74.8 Å². The maximum Gasteiger partial charge on any atom is 0.269 e. The van der Waals surface area contributed by atoms with Gasteiger partial charge in [0.2, 0.25) is 5.91 Å². The maximum absolute atomic E-state index is 12.0. The number of non-ortho nitro benzene ring substituents is 1. The van der Waals surface area contributed by atoms with E-state index < -0.39 is 10.5 Å². The number of nitro groups is 1. The molecule has 1 amide bonds. The molecule has 7 heteroatoms. The summed E-state index contributed by atoms with van der Waals surface area (Å²) in [6.07, 6.45) is 0.0730. The van der Waals surface area contributed by atoms with Crippen LogP contribution in [0.2, 0.25) is 5.02 Å². The lowest BCUT2D eigenvalue weighted by Gasteiger charge is -2.24. The molecule has 0 aliphatic heterocycles. The highest BCUT2D eigenvalue weighted by Crippen LogP contribution is 2.22. The molecule has 0 spiro atoms. The zero-order valence-corrected chi connectivity index (χ0v) is 13.8. The lowest BCUT2D eigenvalue weighted by atomic mass is 9.96. The number of halogens is 1. The lowest BCUT2D eigenvalue weighted by Crippen LogP contribution is -2.39. The highest BCUT2D eigenvalue weighted by molar-refractivity contribution is 6.30. The zero-order valence-electron chi connectivity index (χ0n) is 13.0. The first kappa shape index (κ1) is 17.9. The molecule has 0 unspecified atom stereocenters. The molecule has 0 fully saturated rings. The summed E-state index contributed by atoms with van der Waals surface area (Å²) in [5.41, 5.74) is -0.0232. The van der Waals surface area contributed by atoms with Crippen LogP contribution < -0.4 is 5.32 Å². The average Bonchev–Trinajstić information content (AvgIpc) is 2.53. The molecule has 0 saturated carbocycles. The quantitative estimate of drug-likeness (QED) is 0.620. The number of carbonyl (C=O) groups is 1. The predicted molar refractivity (Wildman–Crippen MR) is 90.8 cm³/mol. The third-order valence-electron chi connectivity index (χ3n) is 3.59. The zero-order chi connectivity index (χ0) is 17.7. The van der Waals surface area contributed by atoms with E-state index in [4.69, 9.17) is 11.6 Å². The Morgan fingerprint density at radius 3 is 2.54 bits per heavy atom. The van der Waals surface area contributed by atoms with E-state index in [2.05, 4.69) is 5.32 Å². The van der Waals surface area contributed by atoms with E-state index >= 15 is 0 Å². The van der Waals surface area contributed by atoms with Crippen LogP contribution in [0.15, 0.2) is 48.5 Å². The number of rotatable bonds is 6. The van der Waals surface area contributed by atoms with Gasteiger partial charge >= 0.3 is 0 Å². The fraction of sp³-hybridized carbons (Fsp3) is 0.235. The Bertz CT molecular complexity index is 745. The minimum atomic E-state index is -1.25. The summed E-state index contributed by atoms with van der Waals surface area (Å²) in [5, 5.41) is 24.2. The Morgan fingerprint density at radius 1 is 1.29 bits per heavy atom. The van der Waals surface area contributed by atoms with Gasteiger partial charge in [-0.1, -0.05) is 35.9 Å². The summed E-state index contributed by atoms with van der Waals surface area (Å²) in [6.45, 7) is 1.62. The molecule has 0 heterocycles. The predicted octanol–water partition coefficient (Wildman–Crippen LogP) is 2.81. The summed E-state index contributed by atoms with van der Waals surface area (Å²) in [7, 11) is 0. The van der Waals surface area contributed by atoms with Crippen molar-refractivity contribution in [2.24, 2.45) is 0 Å². The van der Waals surface area contributed by atoms with E-state index in [0.717, 1.165) is 0 Å². The van der Waals surface area contributed by atoms with Gasteiger partial charge in [0.25, 0.3) is 5.69 Å². The first-order chi connectivity index (χ1) is 11.3. The molecule has 0 aliphatic carbocycles. The van der Waals surface area contributed by atoms with Crippen molar-refractivity contribution in [1.29, 1.82) is 0 Å². The minimum Gasteiger partial charge on any atom is -0.384 e. The van der Waals surface area contributed by atoms with Crippen LogP contribution in [0.3, 0.4) is 0 Å². The number of amides is 1. The fourth-order valence-electron chi connectivity index (χ4n) is 2.18. The molecule has 2 aromatic rings. The van der Waals surface area contributed by atoms with Gasteiger partial charge in [-0.25, -0.2) is 0 Å². The average molecular weight is 349 g/mol. The number of nitrogens with one attached hydrogen (secondary N) is 1. The van der Waals surface area contributed by atoms with Crippen molar-refractivity contribution in [3.8, 4) is 0 Å². The van der Waals surface area contributed by atoms with Crippen LogP contribution in [0, 0.1) is 10.1 Å². The van der Waals surface area contributed by atoms with Gasteiger partial charge < -0.3 is 10.4 Å². The van der Waals surface area contributed by atoms with Crippen LogP contribution in [-0.4, -0.2) is 22.5 Å². The number of aliphatic hydroxyl groups is 1. The minimum absolute atomic E-state index is 0.0250. The highest BCUT2D eigenvalue weighted by atomic mass is 35.5. The second kappa shape index (κ2) is 7.42. The third-order valence-corrected chi connectivity index (χ3v) is 3.82. The number of hydrogen-bond donors (Lipinski definition) is 2. The Balaban J connectivity index is 1.93. The van der Waals surface area contributed by atoms with E-state index in [0.29, 0.717) is 16.1 Å².